The van der Waals surface area contributed by atoms with E-state index >= 15 is 0 Å². The maximum Gasteiger partial charge on any atom is 0.416 e. The molecule has 30 heavy (non-hydrogen) atoms. The van der Waals surface area contributed by atoms with Crippen molar-refractivity contribution in [3.8, 4) is 0 Å². The Labute approximate surface area is 172 Å². The number of carbonyl (C=O) groups excluding carboxylic acids is 1. The fourth-order valence-electron chi connectivity index (χ4n) is 3.05. The Balaban J connectivity index is 1.39. The number of fused-ring (bicyclic) bond motifs is 1. The molecule has 0 bridgehead atoms. The molecule has 1 aliphatic heterocycles. The maximum absolute atomic E-state index is 13.1. The lowest BCUT2D eigenvalue weighted by atomic mass is 10.2. The van der Waals surface area contributed by atoms with Gasteiger partial charge in [0.05, 0.1) is 11.3 Å². The minimum absolute atomic E-state index is 0.0368. The number of halogens is 4. The second-order valence-electron chi connectivity index (χ2n) is 6.48. The van der Waals surface area contributed by atoms with E-state index in [0.717, 1.165) is 29.6 Å². The van der Waals surface area contributed by atoms with E-state index in [9.17, 15) is 22.4 Å². The molecule has 1 aromatic heterocycles. The van der Waals surface area contributed by atoms with Crippen LogP contribution in [0.3, 0.4) is 0 Å². The van der Waals surface area contributed by atoms with Gasteiger partial charge in [-0.15, -0.1) is 10.2 Å². The average molecular weight is 437 g/mol. The zero-order chi connectivity index (χ0) is 21.3. The number of rotatable bonds is 5. The third kappa shape index (κ3) is 4.25. The minimum atomic E-state index is -4.48. The van der Waals surface area contributed by atoms with E-state index in [-0.39, 0.29) is 17.3 Å². The van der Waals surface area contributed by atoms with Gasteiger partial charge >= 0.3 is 6.18 Å². The third-order valence-electron chi connectivity index (χ3n) is 4.43. The highest BCUT2D eigenvalue weighted by Gasteiger charge is 2.30. The van der Waals surface area contributed by atoms with Crippen LogP contribution in [0.4, 0.5) is 34.9 Å². The van der Waals surface area contributed by atoms with Crippen LogP contribution >= 0.6 is 11.8 Å². The number of nitrogens with zero attached hydrogens (tertiary/aromatic N) is 4. The normalized spacial score (nSPS) is 13.4. The van der Waals surface area contributed by atoms with E-state index in [0.29, 0.717) is 24.2 Å². The molecule has 0 radical (unpaired) electrons. The first-order valence-corrected chi connectivity index (χ1v) is 9.86. The highest BCUT2D eigenvalue weighted by molar-refractivity contribution is 7.99. The summed E-state index contributed by atoms with van der Waals surface area (Å²) in [6.45, 7) is 1.22. The van der Waals surface area contributed by atoms with E-state index in [4.69, 9.17) is 0 Å². The number of aromatic nitrogens is 3. The number of hydrogen-bond donors (Lipinski definition) is 1. The zero-order valence-corrected chi connectivity index (χ0v) is 16.2. The largest absolute Gasteiger partial charge is 0.416 e. The van der Waals surface area contributed by atoms with Crippen molar-refractivity contribution in [3.63, 3.8) is 0 Å². The van der Waals surface area contributed by atoms with Crippen molar-refractivity contribution < 1.29 is 22.4 Å². The van der Waals surface area contributed by atoms with Crippen molar-refractivity contribution in [1.29, 1.82) is 0 Å². The molecule has 11 heteroatoms. The Morgan fingerprint density at radius 2 is 1.87 bits per heavy atom. The van der Waals surface area contributed by atoms with Crippen LogP contribution in [0, 0.1) is 5.82 Å². The number of thioether (sulfide) groups is 1. The predicted octanol–water partition coefficient (Wildman–Crippen LogP) is 4.32. The van der Waals surface area contributed by atoms with Gasteiger partial charge in [-0.1, -0.05) is 17.8 Å². The fourth-order valence-corrected chi connectivity index (χ4v) is 3.81. The molecule has 0 unspecified atom stereocenters. The third-order valence-corrected chi connectivity index (χ3v) is 5.40. The predicted molar refractivity (Wildman–Crippen MR) is 104 cm³/mol. The van der Waals surface area contributed by atoms with Crippen LogP contribution in [0.15, 0.2) is 53.7 Å². The summed E-state index contributed by atoms with van der Waals surface area (Å²) in [6, 6.07) is 10.5. The summed E-state index contributed by atoms with van der Waals surface area (Å²) in [5, 5.41) is 11.2. The van der Waals surface area contributed by atoms with Crippen LogP contribution in [0.25, 0.3) is 0 Å². The van der Waals surface area contributed by atoms with Gasteiger partial charge in [0.2, 0.25) is 11.9 Å². The number of amides is 1. The SMILES string of the molecule is O=C(CSc1nnc2n1CCN2c1ccc(F)cc1)Nc1cccc(C(F)(F)F)c1. The number of carbonyl (C=O) groups is 1. The van der Waals surface area contributed by atoms with E-state index in [1.165, 1.54) is 24.3 Å². The summed E-state index contributed by atoms with van der Waals surface area (Å²) < 4.78 is 53.3. The van der Waals surface area contributed by atoms with Gasteiger partial charge in [0.15, 0.2) is 5.16 Å². The van der Waals surface area contributed by atoms with Gasteiger partial charge in [-0.25, -0.2) is 4.39 Å². The Morgan fingerprint density at radius 3 is 2.60 bits per heavy atom. The number of alkyl halides is 3. The van der Waals surface area contributed by atoms with Crippen LogP contribution in [0.1, 0.15) is 5.56 Å². The molecule has 2 aromatic carbocycles. The Hall–Kier alpha value is -3.08. The number of anilines is 3. The molecule has 0 saturated heterocycles. The second kappa shape index (κ2) is 7.98. The highest BCUT2D eigenvalue weighted by atomic mass is 32.2. The minimum Gasteiger partial charge on any atom is -0.325 e. The molecule has 2 heterocycles. The van der Waals surface area contributed by atoms with Crippen LogP contribution in [-0.2, 0) is 17.5 Å². The molecular formula is C19H15F4N5OS. The van der Waals surface area contributed by atoms with Gasteiger partial charge in [-0.05, 0) is 42.5 Å². The molecule has 1 N–H and O–H groups in total. The summed E-state index contributed by atoms with van der Waals surface area (Å²) in [6.07, 6.45) is -4.48. The molecule has 0 atom stereocenters. The van der Waals surface area contributed by atoms with E-state index in [2.05, 4.69) is 15.5 Å². The summed E-state index contributed by atoms with van der Waals surface area (Å²) in [7, 11) is 0. The summed E-state index contributed by atoms with van der Waals surface area (Å²) in [5.41, 5.74) is 0.0230. The molecule has 156 valence electrons. The molecule has 4 rings (SSSR count). The van der Waals surface area contributed by atoms with Gasteiger partial charge in [0.25, 0.3) is 0 Å². The van der Waals surface area contributed by atoms with Gasteiger partial charge in [-0.3, -0.25) is 9.36 Å². The molecule has 0 fully saturated rings. The van der Waals surface area contributed by atoms with Crippen molar-refractivity contribution in [3.05, 3.63) is 59.9 Å². The lowest BCUT2D eigenvalue weighted by Crippen LogP contribution is -2.15. The Kier molecular flexibility index (Phi) is 5.37. The molecule has 6 nitrogen and oxygen atoms in total. The van der Waals surface area contributed by atoms with Gasteiger partial charge in [0.1, 0.15) is 5.82 Å². The average Bonchev–Trinajstić information content (AvgIpc) is 3.29. The number of nitrogens with one attached hydrogen (secondary N) is 1. The molecule has 3 aromatic rings. The molecule has 0 aliphatic carbocycles. The topological polar surface area (TPSA) is 63.1 Å². The molecule has 0 saturated carbocycles. The van der Waals surface area contributed by atoms with Crippen molar-refractivity contribution >= 4 is 35.0 Å². The van der Waals surface area contributed by atoms with E-state index < -0.39 is 17.6 Å². The van der Waals surface area contributed by atoms with Crippen LogP contribution in [0.2, 0.25) is 0 Å². The van der Waals surface area contributed by atoms with E-state index in [1.54, 1.807) is 12.1 Å². The highest BCUT2D eigenvalue weighted by Crippen LogP contribution is 2.33. The van der Waals surface area contributed by atoms with Crippen LogP contribution in [0.5, 0.6) is 0 Å². The fraction of sp³-hybridized carbons (Fsp3) is 0.211. The Morgan fingerprint density at radius 1 is 1.10 bits per heavy atom. The molecule has 1 amide bonds. The first-order valence-electron chi connectivity index (χ1n) is 8.87. The first-order chi connectivity index (χ1) is 14.3. The number of hydrogen-bond acceptors (Lipinski definition) is 5. The number of benzene rings is 2. The lowest BCUT2D eigenvalue weighted by Gasteiger charge is -2.14. The zero-order valence-electron chi connectivity index (χ0n) is 15.4. The smallest absolute Gasteiger partial charge is 0.325 e. The quantitative estimate of drug-likeness (QED) is 0.476. The van der Waals surface area contributed by atoms with Gasteiger partial charge < -0.3 is 10.2 Å². The Bertz CT molecular complexity index is 1070. The standard InChI is InChI=1S/C19H15F4N5OS/c20-13-4-6-15(7-5-13)27-8-9-28-17(27)25-26-18(28)30-11-16(29)24-14-3-1-2-12(10-14)19(21,22)23/h1-7,10H,8-9,11H2,(H,24,29). The monoisotopic (exact) mass is 437 g/mol. The lowest BCUT2D eigenvalue weighted by molar-refractivity contribution is -0.137. The molecular weight excluding hydrogens is 422 g/mol. The van der Waals surface area contributed by atoms with Crippen molar-refractivity contribution in [2.45, 2.75) is 17.9 Å². The van der Waals surface area contributed by atoms with Crippen molar-refractivity contribution in [2.24, 2.45) is 0 Å². The van der Waals surface area contributed by atoms with Crippen LogP contribution < -0.4 is 10.2 Å². The summed E-state index contributed by atoms with van der Waals surface area (Å²) in [5.74, 6) is -0.236. The van der Waals surface area contributed by atoms with Crippen LogP contribution in [-0.4, -0.2) is 33.0 Å². The maximum atomic E-state index is 13.1. The second-order valence-corrected chi connectivity index (χ2v) is 7.42. The summed E-state index contributed by atoms with van der Waals surface area (Å²) >= 11 is 1.14. The molecule has 1 aliphatic rings. The molecule has 0 spiro atoms. The summed E-state index contributed by atoms with van der Waals surface area (Å²) in [4.78, 5) is 14.1. The van der Waals surface area contributed by atoms with Crippen molar-refractivity contribution in [1.82, 2.24) is 14.8 Å². The van der Waals surface area contributed by atoms with Gasteiger partial charge in [-0.2, -0.15) is 13.2 Å². The van der Waals surface area contributed by atoms with Crippen molar-refractivity contribution in [2.75, 3.05) is 22.5 Å². The first kappa shape index (κ1) is 20.2. The van der Waals surface area contributed by atoms with E-state index in [1.807, 2.05) is 9.47 Å². The van der Waals surface area contributed by atoms with Gasteiger partial charge in [0, 0.05) is 24.5 Å².